The Hall–Kier alpha value is -1.90. The van der Waals surface area contributed by atoms with Crippen LogP contribution in [0.2, 0.25) is 0 Å². The van der Waals surface area contributed by atoms with Gasteiger partial charge in [-0.2, -0.15) is 0 Å². The maximum absolute atomic E-state index is 6.16. The van der Waals surface area contributed by atoms with Gasteiger partial charge in [0.2, 0.25) is 0 Å². The number of benzene rings is 1. The van der Waals surface area contributed by atoms with Crippen LogP contribution in [-0.4, -0.2) is 16.6 Å². The van der Waals surface area contributed by atoms with Crippen molar-refractivity contribution in [2.24, 2.45) is 5.92 Å². The fraction of sp³-hybridized carbons (Fsp3) is 0.615. The van der Waals surface area contributed by atoms with Crippen LogP contribution in [0.5, 0.6) is 5.75 Å². The fourth-order valence-corrected chi connectivity index (χ4v) is 3.68. The summed E-state index contributed by atoms with van der Waals surface area (Å²) in [5, 5.41) is 0. The van der Waals surface area contributed by atoms with Crippen LogP contribution in [0.15, 0.2) is 36.8 Å². The third-order valence-electron chi connectivity index (χ3n) is 5.41. The Morgan fingerprint density at radius 3 is 2.48 bits per heavy atom. The summed E-state index contributed by atoms with van der Waals surface area (Å²) in [7, 11) is 0. The molecule has 0 radical (unpaired) electrons. The van der Waals surface area contributed by atoms with Crippen LogP contribution >= 0.6 is 0 Å². The van der Waals surface area contributed by atoms with Crippen molar-refractivity contribution in [3.8, 4) is 17.0 Å². The van der Waals surface area contributed by atoms with Gasteiger partial charge in [-0.3, -0.25) is 0 Å². The Morgan fingerprint density at radius 1 is 0.897 bits per heavy atom. The lowest BCUT2D eigenvalue weighted by Crippen LogP contribution is -2.01. The summed E-state index contributed by atoms with van der Waals surface area (Å²) < 4.78 is 6.16. The molecule has 0 unspecified atom stereocenters. The van der Waals surface area contributed by atoms with Gasteiger partial charge in [0.25, 0.3) is 0 Å². The molecule has 0 saturated carbocycles. The Bertz CT molecular complexity index is 684. The molecule has 0 aliphatic carbocycles. The monoisotopic (exact) mass is 396 g/mol. The zero-order chi connectivity index (χ0) is 20.7. The summed E-state index contributed by atoms with van der Waals surface area (Å²) in [5.41, 5.74) is 3.36. The van der Waals surface area contributed by atoms with E-state index in [0.29, 0.717) is 0 Å². The predicted molar refractivity (Wildman–Crippen MR) is 123 cm³/mol. The Balaban J connectivity index is 1.92. The molecule has 29 heavy (non-hydrogen) atoms. The van der Waals surface area contributed by atoms with E-state index in [0.717, 1.165) is 42.4 Å². The van der Waals surface area contributed by atoms with Crippen molar-refractivity contribution in [1.29, 1.82) is 0 Å². The van der Waals surface area contributed by atoms with E-state index >= 15 is 0 Å². The van der Waals surface area contributed by atoms with Gasteiger partial charge < -0.3 is 4.74 Å². The summed E-state index contributed by atoms with van der Waals surface area (Å²) in [6, 6.07) is 8.31. The minimum atomic E-state index is 0.771. The first-order valence-corrected chi connectivity index (χ1v) is 11.7. The topological polar surface area (TPSA) is 35.0 Å². The summed E-state index contributed by atoms with van der Waals surface area (Å²) in [4.78, 5) is 8.91. The first kappa shape index (κ1) is 23.4. The molecular formula is C26H40N2O. The normalized spacial score (nSPS) is 11.2. The van der Waals surface area contributed by atoms with Crippen molar-refractivity contribution in [2.45, 2.75) is 91.4 Å². The van der Waals surface area contributed by atoms with Crippen molar-refractivity contribution in [1.82, 2.24) is 9.97 Å². The maximum Gasteiger partial charge on any atom is 0.128 e. The number of ether oxygens (including phenoxy) is 1. The first-order chi connectivity index (χ1) is 14.2. The minimum Gasteiger partial charge on any atom is -0.493 e. The second-order valence-corrected chi connectivity index (χ2v) is 8.50. The van der Waals surface area contributed by atoms with Gasteiger partial charge in [-0.25, -0.2) is 9.97 Å². The third-order valence-corrected chi connectivity index (χ3v) is 5.41. The van der Waals surface area contributed by atoms with Crippen molar-refractivity contribution in [3.63, 3.8) is 0 Å². The van der Waals surface area contributed by atoms with Crippen LogP contribution in [-0.2, 0) is 6.42 Å². The Labute approximate surface area is 178 Å². The highest BCUT2D eigenvalue weighted by molar-refractivity contribution is 5.69. The number of hydrogen-bond donors (Lipinski definition) is 0. The molecule has 160 valence electrons. The van der Waals surface area contributed by atoms with Gasteiger partial charge in [-0.1, -0.05) is 84.3 Å². The number of nitrogens with zero attached hydrogens (tertiary/aromatic N) is 2. The molecule has 0 bridgehead atoms. The highest BCUT2D eigenvalue weighted by Gasteiger charge is 2.12. The number of aromatic nitrogens is 2. The van der Waals surface area contributed by atoms with Crippen molar-refractivity contribution >= 4 is 0 Å². The molecule has 3 heteroatoms. The van der Waals surface area contributed by atoms with E-state index in [2.05, 4.69) is 48.9 Å². The van der Waals surface area contributed by atoms with Crippen LogP contribution < -0.4 is 4.74 Å². The molecular weight excluding hydrogens is 356 g/mol. The minimum absolute atomic E-state index is 0.771. The third kappa shape index (κ3) is 8.97. The molecule has 0 N–H and O–H groups in total. The molecule has 1 aromatic heterocycles. The largest absolute Gasteiger partial charge is 0.493 e. The highest BCUT2D eigenvalue weighted by Crippen LogP contribution is 2.31. The van der Waals surface area contributed by atoms with E-state index in [1.165, 1.54) is 63.4 Å². The molecule has 0 fully saturated rings. The van der Waals surface area contributed by atoms with E-state index in [1.807, 2.05) is 12.3 Å². The SMILES string of the molecule is CCCCCCCCc1cncnc1-c1ccccc1OCCCCCC(C)C. The first-order valence-electron chi connectivity index (χ1n) is 11.7. The number of rotatable bonds is 15. The van der Waals surface area contributed by atoms with Crippen molar-refractivity contribution in [3.05, 3.63) is 42.4 Å². The van der Waals surface area contributed by atoms with Crippen molar-refractivity contribution in [2.75, 3.05) is 6.61 Å². The Kier molecular flexibility index (Phi) is 11.4. The van der Waals surface area contributed by atoms with Gasteiger partial charge >= 0.3 is 0 Å². The van der Waals surface area contributed by atoms with Crippen LogP contribution in [0, 0.1) is 5.92 Å². The molecule has 0 aliphatic heterocycles. The predicted octanol–water partition coefficient (Wildman–Crippen LogP) is 7.64. The van der Waals surface area contributed by atoms with E-state index in [1.54, 1.807) is 6.33 Å². The summed E-state index contributed by atoms with van der Waals surface area (Å²) in [6.45, 7) is 7.61. The standard InChI is InChI=1S/C26H40N2O/c1-4-5-6-7-8-11-16-23-20-27-21-28-26(23)24-17-12-13-18-25(24)29-19-14-9-10-15-22(2)3/h12-13,17-18,20-22H,4-11,14-16,19H2,1-3H3. The average molecular weight is 397 g/mol. The molecule has 0 amide bonds. The summed E-state index contributed by atoms with van der Waals surface area (Å²) in [5.74, 6) is 1.73. The van der Waals surface area contributed by atoms with Gasteiger partial charge in [-0.05, 0) is 42.9 Å². The van der Waals surface area contributed by atoms with Crippen LogP contribution in [0.4, 0.5) is 0 Å². The number of aryl methyl sites for hydroxylation is 1. The molecule has 2 aromatic rings. The summed E-state index contributed by atoms with van der Waals surface area (Å²) in [6.07, 6.45) is 17.4. The Morgan fingerprint density at radius 2 is 1.66 bits per heavy atom. The van der Waals surface area contributed by atoms with Crippen molar-refractivity contribution < 1.29 is 4.74 Å². The molecule has 0 aliphatic rings. The maximum atomic E-state index is 6.16. The van der Waals surface area contributed by atoms with Crippen LogP contribution in [0.1, 0.15) is 90.5 Å². The van der Waals surface area contributed by atoms with E-state index < -0.39 is 0 Å². The second-order valence-electron chi connectivity index (χ2n) is 8.50. The van der Waals surface area contributed by atoms with E-state index in [9.17, 15) is 0 Å². The molecule has 1 heterocycles. The molecule has 1 aromatic carbocycles. The van der Waals surface area contributed by atoms with Gasteiger partial charge in [-0.15, -0.1) is 0 Å². The zero-order valence-electron chi connectivity index (χ0n) is 18.8. The van der Waals surface area contributed by atoms with Gasteiger partial charge in [0, 0.05) is 11.8 Å². The number of hydrogen-bond acceptors (Lipinski definition) is 3. The van der Waals surface area contributed by atoms with Crippen LogP contribution in [0.25, 0.3) is 11.3 Å². The highest BCUT2D eigenvalue weighted by atomic mass is 16.5. The lowest BCUT2D eigenvalue weighted by molar-refractivity contribution is 0.304. The lowest BCUT2D eigenvalue weighted by Gasteiger charge is -2.14. The molecule has 2 rings (SSSR count). The molecule has 0 saturated heterocycles. The zero-order valence-corrected chi connectivity index (χ0v) is 18.8. The average Bonchev–Trinajstić information content (AvgIpc) is 2.73. The molecule has 3 nitrogen and oxygen atoms in total. The van der Waals surface area contributed by atoms with E-state index in [4.69, 9.17) is 4.74 Å². The number of para-hydroxylation sites is 1. The molecule has 0 spiro atoms. The quantitative estimate of drug-likeness (QED) is 0.290. The number of unbranched alkanes of at least 4 members (excludes halogenated alkanes) is 7. The smallest absolute Gasteiger partial charge is 0.128 e. The van der Waals surface area contributed by atoms with Gasteiger partial charge in [0.15, 0.2) is 0 Å². The summed E-state index contributed by atoms with van der Waals surface area (Å²) >= 11 is 0. The van der Waals surface area contributed by atoms with Gasteiger partial charge in [0.05, 0.1) is 12.3 Å². The molecule has 0 atom stereocenters. The van der Waals surface area contributed by atoms with Gasteiger partial charge in [0.1, 0.15) is 12.1 Å². The fourth-order valence-electron chi connectivity index (χ4n) is 3.68. The second kappa shape index (κ2) is 14.1. The lowest BCUT2D eigenvalue weighted by atomic mass is 10.0. The van der Waals surface area contributed by atoms with E-state index in [-0.39, 0.29) is 0 Å². The van der Waals surface area contributed by atoms with Crippen LogP contribution in [0.3, 0.4) is 0 Å².